The van der Waals surface area contributed by atoms with Crippen molar-refractivity contribution in [3.05, 3.63) is 82.4 Å². The molecule has 1 amide bonds. The predicted molar refractivity (Wildman–Crippen MR) is 192 cm³/mol. The first-order valence-electron chi connectivity index (χ1n) is 17.3. The largest absolute Gasteiger partial charge is 0.458 e. The van der Waals surface area contributed by atoms with Crippen molar-refractivity contribution in [1.82, 2.24) is 29.7 Å². The van der Waals surface area contributed by atoms with Gasteiger partial charge in [0.15, 0.2) is 12.2 Å². The van der Waals surface area contributed by atoms with Gasteiger partial charge in [0.2, 0.25) is 18.0 Å². The number of aldehydes is 1. The third-order valence-electron chi connectivity index (χ3n) is 8.65. The second kappa shape index (κ2) is 19.4. The Morgan fingerprint density at radius 2 is 1.56 bits per heavy atom. The minimum Gasteiger partial charge on any atom is -0.438 e. The molecule has 6 bridgehead atoms. The first-order chi connectivity index (χ1) is 27.5. The van der Waals surface area contributed by atoms with E-state index in [2.05, 4.69) is 66.8 Å². The van der Waals surface area contributed by atoms with Gasteiger partial charge in [-0.25, -0.2) is 9.97 Å². The molecule has 4 aromatic rings. The number of anilines is 4. The molecule has 1 fully saturated rings. The number of halogens is 10. The van der Waals surface area contributed by atoms with Gasteiger partial charge in [-0.15, -0.1) is 0 Å². The van der Waals surface area contributed by atoms with E-state index in [-0.39, 0.29) is 5.91 Å². The lowest BCUT2D eigenvalue weighted by Crippen LogP contribution is -2.41. The lowest BCUT2D eigenvalue weighted by molar-refractivity contribution is -0.193. The van der Waals surface area contributed by atoms with E-state index >= 15 is 0 Å². The monoisotopic (exact) mass is 864 g/mol. The Bertz CT molecular complexity index is 2100. The summed E-state index contributed by atoms with van der Waals surface area (Å²) in [5.41, 5.74) is 6.12. The maximum absolute atomic E-state index is 12.8. The number of nitrogens with one attached hydrogen (secondary N) is 2. The number of fused-ring (bicyclic) bond motifs is 6. The number of alkyl halides is 9. The van der Waals surface area contributed by atoms with Crippen LogP contribution in [0, 0.1) is 12.8 Å². The minimum atomic E-state index is -5.77. The van der Waals surface area contributed by atoms with Gasteiger partial charge in [-0.1, -0.05) is 17.7 Å². The maximum Gasteiger partial charge on any atom is 0.458 e. The van der Waals surface area contributed by atoms with Crippen molar-refractivity contribution in [1.29, 1.82) is 0 Å². The minimum absolute atomic E-state index is 0.0588. The molecule has 0 unspecified atom stereocenters. The molecule has 59 heavy (non-hydrogen) atoms. The summed E-state index contributed by atoms with van der Waals surface area (Å²) in [5, 5.41) is 7.06. The topological polar surface area (TPSA) is 164 Å². The number of aromatic nitrogens is 4. The second-order valence-corrected chi connectivity index (χ2v) is 13.6. The Balaban J connectivity index is 0.000000358. The van der Waals surface area contributed by atoms with Crippen molar-refractivity contribution >= 4 is 58.5 Å². The summed E-state index contributed by atoms with van der Waals surface area (Å²) in [6.45, 7) is 5.08. The van der Waals surface area contributed by atoms with E-state index in [9.17, 15) is 53.9 Å². The molecule has 13 nitrogen and oxygen atoms in total. The number of rotatable bonds is 6. The van der Waals surface area contributed by atoms with Gasteiger partial charge in [0, 0.05) is 38.1 Å². The average molecular weight is 865 g/mol. The summed E-state index contributed by atoms with van der Waals surface area (Å²) in [5.74, 6) is -4.99. The van der Waals surface area contributed by atoms with Crippen molar-refractivity contribution in [2.45, 2.75) is 57.7 Å². The number of ketones is 2. The van der Waals surface area contributed by atoms with Gasteiger partial charge < -0.3 is 24.9 Å². The van der Waals surface area contributed by atoms with Crippen LogP contribution >= 0.6 is 11.6 Å². The van der Waals surface area contributed by atoms with Crippen LogP contribution in [-0.2, 0) is 33.8 Å². The maximum atomic E-state index is 12.8. The molecule has 5 heterocycles. The standard InChI is InChI=1S/C30H33ClN8O2.C4F6O2.C2HF3O/c1-19-27(41-18-34-19)29(40)39-9-7-20(8-10-39)16-38(2)17-23-5-6-24-12-22(23)4-3-21-11-25(14-32-13-21)36-30-33-15-26(31)28(35-24)37-30;5-3(6,7)1(11)2(12)4(8,9)10;3-2(4,5)1-6/h5-6,11-15,18,20H,3-4,7-10,16-17H2,1-2H3,(H2,33,35,36,37);;1H. The molecule has 0 aliphatic carbocycles. The van der Waals surface area contributed by atoms with E-state index in [1.165, 1.54) is 17.5 Å². The Hall–Kier alpha value is -5.64. The van der Waals surface area contributed by atoms with E-state index in [0.29, 0.717) is 34.2 Å². The first kappa shape index (κ1) is 46.1. The Labute approximate surface area is 334 Å². The molecule has 23 heteroatoms. The number of benzene rings is 1. The number of Topliss-reactive ketones (excluding diaryl/α,β-unsaturated/α-hetero) is 2. The molecule has 0 spiro atoms. The van der Waals surface area contributed by atoms with Crippen LogP contribution < -0.4 is 10.6 Å². The van der Waals surface area contributed by atoms with Gasteiger partial charge in [-0.2, -0.15) is 44.5 Å². The molecule has 0 saturated carbocycles. The zero-order valence-electron chi connectivity index (χ0n) is 30.9. The number of pyridine rings is 1. The lowest BCUT2D eigenvalue weighted by atomic mass is 9.95. The Kier molecular flexibility index (Phi) is 15.1. The van der Waals surface area contributed by atoms with Crippen molar-refractivity contribution in [3.63, 3.8) is 0 Å². The number of carbonyl (C=O) groups is 4. The van der Waals surface area contributed by atoms with Crippen LogP contribution in [0.3, 0.4) is 0 Å². The summed E-state index contributed by atoms with van der Waals surface area (Å²) in [7, 11) is 2.18. The van der Waals surface area contributed by atoms with Gasteiger partial charge in [0.05, 0.1) is 23.8 Å². The highest BCUT2D eigenvalue weighted by atomic mass is 35.5. The normalized spacial score (nSPS) is 14.4. The summed E-state index contributed by atoms with van der Waals surface area (Å²) in [6, 6.07) is 8.55. The Morgan fingerprint density at radius 3 is 2.14 bits per heavy atom. The van der Waals surface area contributed by atoms with Crippen LogP contribution in [0.5, 0.6) is 0 Å². The molecule has 3 aromatic heterocycles. The molecule has 1 saturated heterocycles. The second-order valence-electron chi connectivity index (χ2n) is 13.2. The van der Waals surface area contributed by atoms with Gasteiger partial charge in [0.1, 0.15) is 5.02 Å². The number of likely N-dealkylation sites (tertiary alicyclic amines) is 1. The number of hydrogen-bond donors (Lipinski definition) is 2. The molecule has 6 rings (SSSR count). The van der Waals surface area contributed by atoms with E-state index in [1.807, 2.05) is 11.1 Å². The summed E-state index contributed by atoms with van der Waals surface area (Å²) in [4.78, 5) is 62.4. The van der Waals surface area contributed by atoms with Gasteiger partial charge >= 0.3 is 30.1 Å². The number of piperidine rings is 1. The first-order valence-corrected chi connectivity index (χ1v) is 17.7. The van der Waals surface area contributed by atoms with E-state index in [4.69, 9.17) is 20.8 Å². The van der Waals surface area contributed by atoms with Crippen molar-refractivity contribution in [2.75, 3.05) is 37.3 Å². The van der Waals surface area contributed by atoms with Gasteiger partial charge in [-0.05, 0) is 80.5 Å². The molecule has 2 N–H and O–H groups in total. The van der Waals surface area contributed by atoms with Crippen LogP contribution in [0.1, 0.15) is 45.8 Å². The highest BCUT2D eigenvalue weighted by Crippen LogP contribution is 2.29. The summed E-state index contributed by atoms with van der Waals surface area (Å²) >= 11 is 6.42. The van der Waals surface area contributed by atoms with E-state index < -0.39 is 36.4 Å². The molecule has 318 valence electrons. The highest BCUT2D eigenvalue weighted by molar-refractivity contribution is 6.41. The zero-order valence-corrected chi connectivity index (χ0v) is 31.7. The summed E-state index contributed by atoms with van der Waals surface area (Å²) < 4.78 is 104. The van der Waals surface area contributed by atoms with Gasteiger partial charge in [-0.3, -0.25) is 24.2 Å². The van der Waals surface area contributed by atoms with Gasteiger partial charge in [0.25, 0.3) is 5.91 Å². The molecular weight excluding hydrogens is 831 g/mol. The predicted octanol–water partition coefficient (Wildman–Crippen LogP) is 7.39. The van der Waals surface area contributed by atoms with Crippen molar-refractivity contribution < 1.29 is 63.1 Å². The molecule has 2 aliphatic rings. The van der Waals surface area contributed by atoms with Crippen LogP contribution in [0.2, 0.25) is 5.02 Å². The van der Waals surface area contributed by atoms with E-state index in [1.54, 1.807) is 19.3 Å². The van der Waals surface area contributed by atoms with Crippen molar-refractivity contribution in [3.8, 4) is 0 Å². The smallest absolute Gasteiger partial charge is 0.438 e. The number of nitrogens with zero attached hydrogens (tertiary/aromatic N) is 6. The summed E-state index contributed by atoms with van der Waals surface area (Å²) in [6.07, 6.45) is -6.96. The third kappa shape index (κ3) is 13.7. The van der Waals surface area contributed by atoms with E-state index in [0.717, 1.165) is 68.8 Å². The number of aryl methyl sites for hydroxylation is 3. The van der Waals surface area contributed by atoms with Crippen LogP contribution in [-0.4, -0.2) is 98.7 Å². The fourth-order valence-corrected chi connectivity index (χ4v) is 6.00. The fourth-order valence-electron chi connectivity index (χ4n) is 5.87. The fraction of sp³-hybridized carbons (Fsp3) is 0.389. The number of amides is 1. The third-order valence-corrected chi connectivity index (χ3v) is 8.93. The Morgan fingerprint density at radius 1 is 0.915 bits per heavy atom. The van der Waals surface area contributed by atoms with Crippen LogP contribution in [0.25, 0.3) is 0 Å². The number of oxazole rings is 1. The van der Waals surface area contributed by atoms with Crippen LogP contribution in [0.4, 0.5) is 62.7 Å². The molecule has 2 aliphatic heterocycles. The number of carbonyl (C=O) groups excluding carboxylic acids is 4. The zero-order chi connectivity index (χ0) is 43.7. The molecular formula is C36H34ClF9N8O5. The molecule has 1 aromatic carbocycles. The molecule has 0 radical (unpaired) electrons. The average Bonchev–Trinajstić information content (AvgIpc) is 3.60. The van der Waals surface area contributed by atoms with Crippen LogP contribution in [0.15, 0.2) is 53.7 Å². The highest BCUT2D eigenvalue weighted by Gasteiger charge is 2.54. The quantitative estimate of drug-likeness (QED) is 0.112. The SMILES string of the molecule is Cc1ncoc1C(=O)N1CCC(CN(C)Cc2ccc3cc2CCc2cncc(c2)Nc2ncc(Cl)c(n2)N3)CC1.O=C(C(=O)C(F)(F)F)C(F)(F)F.O=CC(F)(F)F. The van der Waals surface area contributed by atoms with Crippen molar-refractivity contribution in [2.24, 2.45) is 5.92 Å². The molecule has 0 atom stereocenters. The lowest BCUT2D eigenvalue weighted by Gasteiger charge is -2.33. The number of hydrogen-bond acceptors (Lipinski definition) is 12.